The van der Waals surface area contributed by atoms with Gasteiger partial charge < -0.3 is 5.32 Å². The second kappa shape index (κ2) is 6.23. The molecule has 2 nitrogen and oxygen atoms in total. The number of likely N-dealkylation sites (tertiary alicyclic amines) is 1. The summed E-state index contributed by atoms with van der Waals surface area (Å²) in [6, 6.07) is 5.87. The van der Waals surface area contributed by atoms with Gasteiger partial charge >= 0.3 is 0 Å². The van der Waals surface area contributed by atoms with Crippen LogP contribution in [0.1, 0.15) is 31.2 Å². The summed E-state index contributed by atoms with van der Waals surface area (Å²) in [4.78, 5) is 2.57. The summed E-state index contributed by atoms with van der Waals surface area (Å²) in [6.07, 6.45) is 5.35. The minimum atomic E-state index is 0.499. The zero-order valence-electron chi connectivity index (χ0n) is 11.8. The largest absolute Gasteiger partial charge is 0.316 e. The lowest BCUT2D eigenvalue weighted by Gasteiger charge is -2.45. The highest BCUT2D eigenvalue weighted by Gasteiger charge is 2.36. The summed E-state index contributed by atoms with van der Waals surface area (Å²) >= 11 is 12.2. The molecule has 0 aliphatic carbocycles. The van der Waals surface area contributed by atoms with Gasteiger partial charge in [-0.2, -0.15) is 0 Å². The molecule has 1 atom stereocenters. The maximum Gasteiger partial charge on any atom is 0.0424 e. The van der Waals surface area contributed by atoms with E-state index in [0.717, 1.165) is 16.6 Å². The lowest BCUT2D eigenvalue weighted by Crippen LogP contribution is -2.50. The highest BCUT2D eigenvalue weighted by Crippen LogP contribution is 2.36. The van der Waals surface area contributed by atoms with Gasteiger partial charge in [0.15, 0.2) is 0 Å². The Morgan fingerprint density at radius 3 is 2.55 bits per heavy atom. The van der Waals surface area contributed by atoms with Crippen LogP contribution in [0, 0.1) is 5.41 Å². The molecule has 0 bridgehead atoms. The number of hydrogen-bond acceptors (Lipinski definition) is 2. The van der Waals surface area contributed by atoms with Crippen molar-refractivity contribution >= 4 is 23.2 Å². The topological polar surface area (TPSA) is 15.3 Å². The van der Waals surface area contributed by atoms with Crippen LogP contribution in [0.3, 0.4) is 0 Å². The van der Waals surface area contributed by atoms with Crippen LogP contribution in [0.4, 0.5) is 0 Å². The molecule has 110 valence electrons. The summed E-state index contributed by atoms with van der Waals surface area (Å²) in [5.41, 5.74) is 1.72. The van der Waals surface area contributed by atoms with Gasteiger partial charge in [0.25, 0.3) is 0 Å². The first kappa shape index (κ1) is 14.6. The Morgan fingerprint density at radius 1 is 1.10 bits per heavy atom. The third-order valence-corrected chi connectivity index (χ3v) is 5.07. The average molecular weight is 313 g/mol. The molecule has 0 radical (unpaired) electrons. The highest BCUT2D eigenvalue weighted by molar-refractivity contribution is 6.34. The molecule has 20 heavy (non-hydrogen) atoms. The van der Waals surface area contributed by atoms with Crippen LogP contribution < -0.4 is 5.32 Å². The van der Waals surface area contributed by atoms with E-state index in [1.54, 1.807) is 6.07 Å². The van der Waals surface area contributed by atoms with E-state index >= 15 is 0 Å². The standard InChI is InChI=1S/C16H22Cl2N2/c17-14-7-13(8-15(18)9-14)10-20-6-2-4-16(12-20)3-1-5-19-11-16/h7-9,19H,1-6,10-12H2. The van der Waals surface area contributed by atoms with Crippen LogP contribution >= 0.6 is 23.2 Å². The summed E-state index contributed by atoms with van der Waals surface area (Å²) in [5.74, 6) is 0. The molecule has 0 aromatic heterocycles. The number of halogens is 2. The fourth-order valence-electron chi connectivity index (χ4n) is 3.78. The van der Waals surface area contributed by atoms with Crippen molar-refractivity contribution in [2.24, 2.45) is 5.41 Å². The monoisotopic (exact) mass is 312 g/mol. The number of piperidine rings is 2. The minimum absolute atomic E-state index is 0.499. The number of rotatable bonds is 2. The Morgan fingerprint density at radius 2 is 1.85 bits per heavy atom. The lowest BCUT2D eigenvalue weighted by molar-refractivity contribution is 0.0601. The van der Waals surface area contributed by atoms with Crippen LogP contribution in [-0.4, -0.2) is 31.1 Å². The highest BCUT2D eigenvalue weighted by atomic mass is 35.5. The van der Waals surface area contributed by atoms with E-state index in [9.17, 15) is 0 Å². The van der Waals surface area contributed by atoms with Crippen molar-refractivity contribution in [2.75, 3.05) is 26.2 Å². The molecule has 1 aromatic rings. The smallest absolute Gasteiger partial charge is 0.0424 e. The third kappa shape index (κ3) is 3.48. The van der Waals surface area contributed by atoms with Gasteiger partial charge in [-0.15, -0.1) is 0 Å². The van der Waals surface area contributed by atoms with E-state index in [-0.39, 0.29) is 0 Å². The average Bonchev–Trinajstić information content (AvgIpc) is 2.38. The first-order valence-electron chi connectivity index (χ1n) is 7.53. The molecule has 1 N–H and O–H groups in total. The molecule has 4 heteroatoms. The lowest BCUT2D eigenvalue weighted by atomic mass is 9.74. The van der Waals surface area contributed by atoms with Crippen LogP contribution in [0.5, 0.6) is 0 Å². The Balaban J connectivity index is 1.67. The van der Waals surface area contributed by atoms with Crippen molar-refractivity contribution in [3.05, 3.63) is 33.8 Å². The normalized spacial score (nSPS) is 27.9. The van der Waals surface area contributed by atoms with Gasteiger partial charge in [-0.1, -0.05) is 23.2 Å². The minimum Gasteiger partial charge on any atom is -0.316 e. The quantitative estimate of drug-likeness (QED) is 0.889. The van der Waals surface area contributed by atoms with Crippen molar-refractivity contribution < 1.29 is 0 Å². The number of hydrogen-bond donors (Lipinski definition) is 1. The Bertz CT molecular complexity index is 444. The van der Waals surface area contributed by atoms with E-state index in [2.05, 4.69) is 10.2 Å². The summed E-state index contributed by atoms with van der Waals surface area (Å²) in [6.45, 7) is 5.71. The first-order chi connectivity index (χ1) is 9.65. The molecule has 0 amide bonds. The molecule has 2 aliphatic heterocycles. The molecule has 2 fully saturated rings. The molecular formula is C16H22Cl2N2. The maximum absolute atomic E-state index is 6.10. The van der Waals surface area contributed by atoms with Crippen molar-refractivity contribution in [3.8, 4) is 0 Å². The number of benzene rings is 1. The summed E-state index contributed by atoms with van der Waals surface area (Å²) < 4.78 is 0. The van der Waals surface area contributed by atoms with Crippen molar-refractivity contribution in [2.45, 2.75) is 32.2 Å². The fourth-order valence-corrected chi connectivity index (χ4v) is 4.36. The van der Waals surface area contributed by atoms with Gasteiger partial charge in [0.05, 0.1) is 0 Å². The van der Waals surface area contributed by atoms with Gasteiger partial charge in [0.1, 0.15) is 0 Å². The van der Waals surface area contributed by atoms with Gasteiger partial charge in [-0.05, 0) is 68.0 Å². The van der Waals surface area contributed by atoms with Crippen molar-refractivity contribution in [3.63, 3.8) is 0 Å². The molecule has 2 saturated heterocycles. The zero-order chi connectivity index (χ0) is 14.0. The van der Waals surface area contributed by atoms with E-state index in [4.69, 9.17) is 23.2 Å². The van der Waals surface area contributed by atoms with Crippen LogP contribution in [-0.2, 0) is 6.54 Å². The Hall–Kier alpha value is -0.280. The van der Waals surface area contributed by atoms with E-state index in [1.807, 2.05) is 12.1 Å². The second-order valence-corrected chi connectivity index (χ2v) is 7.25. The SMILES string of the molecule is Clc1cc(Cl)cc(CN2CCCC3(CCCNC3)C2)c1. The predicted octanol–water partition coefficient (Wildman–Crippen LogP) is 3.96. The van der Waals surface area contributed by atoms with Crippen LogP contribution in [0.2, 0.25) is 10.0 Å². The summed E-state index contributed by atoms with van der Waals surface area (Å²) in [7, 11) is 0. The third-order valence-electron chi connectivity index (χ3n) is 4.63. The van der Waals surface area contributed by atoms with Gasteiger partial charge in [-0.3, -0.25) is 4.90 Å². The molecule has 1 aromatic carbocycles. The molecule has 3 rings (SSSR count). The molecule has 1 spiro atoms. The number of nitrogens with one attached hydrogen (secondary N) is 1. The van der Waals surface area contributed by atoms with E-state index in [1.165, 1.54) is 57.4 Å². The molecule has 2 aliphatic rings. The van der Waals surface area contributed by atoms with Gasteiger partial charge in [0.2, 0.25) is 0 Å². The van der Waals surface area contributed by atoms with Crippen LogP contribution in [0.15, 0.2) is 18.2 Å². The van der Waals surface area contributed by atoms with Gasteiger partial charge in [-0.25, -0.2) is 0 Å². The van der Waals surface area contributed by atoms with Gasteiger partial charge in [0, 0.05) is 29.7 Å². The maximum atomic E-state index is 6.10. The van der Waals surface area contributed by atoms with E-state index in [0.29, 0.717) is 5.41 Å². The Labute approximate surface area is 131 Å². The van der Waals surface area contributed by atoms with E-state index < -0.39 is 0 Å². The first-order valence-corrected chi connectivity index (χ1v) is 8.29. The molecule has 2 heterocycles. The Kier molecular flexibility index (Phi) is 4.56. The van der Waals surface area contributed by atoms with Crippen LogP contribution in [0.25, 0.3) is 0 Å². The van der Waals surface area contributed by atoms with Crippen molar-refractivity contribution in [1.82, 2.24) is 10.2 Å². The molecule has 1 unspecified atom stereocenters. The predicted molar refractivity (Wildman–Crippen MR) is 85.5 cm³/mol. The summed E-state index contributed by atoms with van der Waals surface area (Å²) in [5, 5.41) is 5.05. The molecule has 0 saturated carbocycles. The molecular weight excluding hydrogens is 291 g/mol. The number of nitrogens with zero attached hydrogens (tertiary/aromatic N) is 1. The fraction of sp³-hybridized carbons (Fsp3) is 0.625. The zero-order valence-corrected chi connectivity index (χ0v) is 13.3. The second-order valence-electron chi connectivity index (χ2n) is 6.37. The van der Waals surface area contributed by atoms with Crippen molar-refractivity contribution in [1.29, 1.82) is 0 Å².